The highest BCUT2D eigenvalue weighted by atomic mass is 16.5. The number of amides is 3. The average molecular weight is 355 g/mol. The van der Waals surface area contributed by atoms with Crippen molar-refractivity contribution in [1.29, 1.82) is 0 Å². The van der Waals surface area contributed by atoms with Gasteiger partial charge >= 0.3 is 12.0 Å². The third-order valence-electron chi connectivity index (χ3n) is 3.67. The summed E-state index contributed by atoms with van der Waals surface area (Å²) in [5.74, 6) is -1.11. The standard InChI is InChI=1S/C19H21N3O4/c1-11-7-8-12(2)16(9-11)22-17(23)13(3)26-18(24)14-5-4-6-15(10-14)21-19(20)25/h4-10,13H,1-3H3,(H,22,23)(H3,20,21,25)/t13-/m0/s1. The SMILES string of the molecule is Cc1ccc(C)c(NC(=O)[C@H](C)OC(=O)c2cccc(NC(N)=O)c2)c1. The van der Waals surface area contributed by atoms with Gasteiger partial charge in [-0.15, -0.1) is 0 Å². The Morgan fingerprint density at radius 2 is 1.77 bits per heavy atom. The number of rotatable bonds is 5. The fraction of sp³-hybridized carbons (Fsp3) is 0.211. The van der Waals surface area contributed by atoms with Gasteiger partial charge in [-0.3, -0.25) is 4.79 Å². The second-order valence-corrected chi connectivity index (χ2v) is 5.93. The number of aryl methyl sites for hydroxylation is 2. The Labute approximate surface area is 151 Å². The summed E-state index contributed by atoms with van der Waals surface area (Å²) in [5, 5.41) is 5.13. The largest absolute Gasteiger partial charge is 0.449 e. The van der Waals surface area contributed by atoms with Gasteiger partial charge in [-0.05, 0) is 56.2 Å². The number of carbonyl (C=O) groups is 3. The number of primary amides is 1. The van der Waals surface area contributed by atoms with Gasteiger partial charge in [-0.25, -0.2) is 9.59 Å². The highest BCUT2D eigenvalue weighted by Gasteiger charge is 2.20. The van der Waals surface area contributed by atoms with Crippen molar-refractivity contribution in [3.63, 3.8) is 0 Å². The molecular formula is C19H21N3O4. The lowest BCUT2D eigenvalue weighted by Gasteiger charge is -2.15. The first-order chi connectivity index (χ1) is 12.3. The summed E-state index contributed by atoms with van der Waals surface area (Å²) in [6.07, 6.45) is -0.991. The van der Waals surface area contributed by atoms with Gasteiger partial charge in [-0.1, -0.05) is 18.2 Å². The van der Waals surface area contributed by atoms with Crippen molar-refractivity contribution >= 4 is 29.3 Å². The second-order valence-electron chi connectivity index (χ2n) is 5.93. The average Bonchev–Trinajstić information content (AvgIpc) is 2.57. The van der Waals surface area contributed by atoms with Gasteiger partial charge in [0, 0.05) is 11.4 Å². The number of hydrogen-bond acceptors (Lipinski definition) is 4. The minimum absolute atomic E-state index is 0.197. The second kappa shape index (κ2) is 8.15. The quantitative estimate of drug-likeness (QED) is 0.716. The Morgan fingerprint density at radius 3 is 2.46 bits per heavy atom. The minimum atomic E-state index is -0.991. The normalized spacial score (nSPS) is 11.3. The number of nitrogens with one attached hydrogen (secondary N) is 2. The number of hydrogen-bond donors (Lipinski definition) is 3. The molecule has 0 heterocycles. The Bertz CT molecular complexity index is 848. The summed E-state index contributed by atoms with van der Waals surface area (Å²) in [6.45, 7) is 5.29. The van der Waals surface area contributed by atoms with E-state index in [1.54, 1.807) is 12.1 Å². The summed E-state index contributed by atoms with van der Waals surface area (Å²) in [7, 11) is 0. The maximum Gasteiger partial charge on any atom is 0.338 e. The molecule has 0 spiro atoms. The predicted octanol–water partition coefficient (Wildman–Crippen LogP) is 2.98. The fourth-order valence-corrected chi connectivity index (χ4v) is 2.25. The molecule has 2 rings (SSSR count). The van der Waals surface area contributed by atoms with Crippen LogP contribution in [0.15, 0.2) is 42.5 Å². The van der Waals surface area contributed by atoms with E-state index in [-0.39, 0.29) is 5.56 Å². The maximum absolute atomic E-state index is 12.3. The van der Waals surface area contributed by atoms with Crippen molar-refractivity contribution in [2.45, 2.75) is 26.9 Å². The van der Waals surface area contributed by atoms with E-state index in [1.807, 2.05) is 32.0 Å². The van der Waals surface area contributed by atoms with E-state index in [0.29, 0.717) is 11.4 Å². The lowest BCUT2D eigenvalue weighted by Crippen LogP contribution is -2.30. The van der Waals surface area contributed by atoms with E-state index in [1.165, 1.54) is 19.1 Å². The van der Waals surface area contributed by atoms with E-state index in [2.05, 4.69) is 10.6 Å². The molecule has 0 unspecified atom stereocenters. The smallest absolute Gasteiger partial charge is 0.338 e. The highest BCUT2D eigenvalue weighted by molar-refractivity contribution is 5.98. The molecule has 7 nitrogen and oxygen atoms in total. The maximum atomic E-state index is 12.3. The summed E-state index contributed by atoms with van der Waals surface area (Å²) in [5.41, 5.74) is 8.20. The van der Waals surface area contributed by atoms with Crippen molar-refractivity contribution in [2.24, 2.45) is 5.73 Å². The minimum Gasteiger partial charge on any atom is -0.449 e. The van der Waals surface area contributed by atoms with Crippen LogP contribution in [-0.2, 0) is 9.53 Å². The van der Waals surface area contributed by atoms with E-state index in [9.17, 15) is 14.4 Å². The van der Waals surface area contributed by atoms with E-state index in [4.69, 9.17) is 10.5 Å². The summed E-state index contributed by atoms with van der Waals surface area (Å²) in [4.78, 5) is 35.4. The van der Waals surface area contributed by atoms with Crippen LogP contribution in [-0.4, -0.2) is 24.0 Å². The van der Waals surface area contributed by atoms with Gasteiger partial charge in [0.1, 0.15) is 0 Å². The number of esters is 1. The predicted molar refractivity (Wildman–Crippen MR) is 99.1 cm³/mol. The molecule has 0 saturated carbocycles. The van der Waals surface area contributed by atoms with Crippen molar-refractivity contribution in [2.75, 3.05) is 10.6 Å². The number of ether oxygens (including phenoxy) is 1. The number of anilines is 2. The molecule has 4 N–H and O–H groups in total. The van der Waals surface area contributed by atoms with Crippen LogP contribution >= 0.6 is 0 Å². The first-order valence-electron chi connectivity index (χ1n) is 8.02. The first kappa shape index (κ1) is 19.0. The van der Waals surface area contributed by atoms with Crippen LogP contribution in [0.4, 0.5) is 16.2 Å². The van der Waals surface area contributed by atoms with E-state index < -0.39 is 24.0 Å². The van der Waals surface area contributed by atoms with Crippen molar-refractivity contribution in [1.82, 2.24) is 0 Å². The summed E-state index contributed by atoms with van der Waals surface area (Å²) < 4.78 is 5.21. The van der Waals surface area contributed by atoms with Crippen LogP contribution in [0.2, 0.25) is 0 Å². The Kier molecular flexibility index (Phi) is 5.95. The van der Waals surface area contributed by atoms with E-state index in [0.717, 1.165) is 11.1 Å². The Hall–Kier alpha value is -3.35. The molecule has 2 aromatic carbocycles. The zero-order valence-electron chi connectivity index (χ0n) is 14.8. The number of carbonyl (C=O) groups excluding carboxylic acids is 3. The van der Waals surface area contributed by atoms with Crippen LogP contribution in [0, 0.1) is 13.8 Å². The Balaban J connectivity index is 2.03. The molecule has 0 saturated heterocycles. The molecule has 7 heteroatoms. The summed E-state index contributed by atoms with van der Waals surface area (Å²) in [6, 6.07) is 11.0. The molecule has 0 aliphatic rings. The number of benzene rings is 2. The fourth-order valence-electron chi connectivity index (χ4n) is 2.25. The molecule has 2 aromatic rings. The lowest BCUT2D eigenvalue weighted by atomic mass is 10.1. The molecule has 0 aliphatic carbocycles. The van der Waals surface area contributed by atoms with Crippen molar-refractivity contribution in [3.8, 4) is 0 Å². The molecule has 136 valence electrons. The Morgan fingerprint density at radius 1 is 1.04 bits per heavy atom. The highest BCUT2D eigenvalue weighted by Crippen LogP contribution is 2.17. The molecule has 26 heavy (non-hydrogen) atoms. The van der Waals surface area contributed by atoms with Gasteiger partial charge in [-0.2, -0.15) is 0 Å². The zero-order valence-corrected chi connectivity index (χ0v) is 14.8. The summed E-state index contributed by atoms with van der Waals surface area (Å²) >= 11 is 0. The number of urea groups is 1. The van der Waals surface area contributed by atoms with Gasteiger partial charge < -0.3 is 21.1 Å². The van der Waals surface area contributed by atoms with E-state index >= 15 is 0 Å². The van der Waals surface area contributed by atoms with Crippen LogP contribution in [0.3, 0.4) is 0 Å². The monoisotopic (exact) mass is 355 g/mol. The van der Waals surface area contributed by atoms with Crippen molar-refractivity contribution < 1.29 is 19.1 Å². The van der Waals surface area contributed by atoms with Crippen LogP contribution < -0.4 is 16.4 Å². The molecule has 0 bridgehead atoms. The zero-order chi connectivity index (χ0) is 19.3. The molecule has 0 aromatic heterocycles. The molecule has 0 fully saturated rings. The third kappa shape index (κ3) is 5.07. The number of nitrogens with two attached hydrogens (primary N) is 1. The van der Waals surface area contributed by atoms with Gasteiger partial charge in [0.25, 0.3) is 5.91 Å². The first-order valence-corrected chi connectivity index (χ1v) is 8.02. The molecule has 1 atom stereocenters. The molecule has 0 radical (unpaired) electrons. The molecule has 3 amide bonds. The lowest BCUT2D eigenvalue weighted by molar-refractivity contribution is -0.123. The van der Waals surface area contributed by atoms with Gasteiger partial charge in [0.2, 0.25) is 0 Å². The van der Waals surface area contributed by atoms with Gasteiger partial charge in [0.05, 0.1) is 5.56 Å². The van der Waals surface area contributed by atoms with Crippen LogP contribution in [0.5, 0.6) is 0 Å². The van der Waals surface area contributed by atoms with Crippen molar-refractivity contribution in [3.05, 3.63) is 59.2 Å². The van der Waals surface area contributed by atoms with Crippen LogP contribution in [0.25, 0.3) is 0 Å². The topological polar surface area (TPSA) is 111 Å². The molecule has 0 aliphatic heterocycles. The molecular weight excluding hydrogens is 334 g/mol. The van der Waals surface area contributed by atoms with Gasteiger partial charge in [0.15, 0.2) is 6.10 Å². The van der Waals surface area contributed by atoms with Crippen LogP contribution in [0.1, 0.15) is 28.4 Å². The third-order valence-corrected chi connectivity index (χ3v) is 3.67.